The highest BCUT2D eigenvalue weighted by Gasteiger charge is 2.32. The Hall–Kier alpha value is -3.61. The van der Waals surface area contributed by atoms with E-state index < -0.39 is 0 Å². The number of benzene rings is 2. The van der Waals surface area contributed by atoms with Gasteiger partial charge in [-0.25, -0.2) is 4.79 Å². The van der Waals surface area contributed by atoms with E-state index in [1.54, 1.807) is 29.2 Å². The lowest BCUT2D eigenvalue weighted by molar-refractivity contribution is -0.127. The van der Waals surface area contributed by atoms with Gasteiger partial charge in [0.15, 0.2) is 5.78 Å². The van der Waals surface area contributed by atoms with Crippen LogP contribution >= 0.6 is 0 Å². The monoisotopic (exact) mass is 447 g/mol. The Balaban J connectivity index is 1.28. The van der Waals surface area contributed by atoms with E-state index >= 15 is 0 Å². The van der Waals surface area contributed by atoms with Gasteiger partial charge < -0.3 is 19.9 Å². The lowest BCUT2D eigenvalue weighted by Gasteiger charge is -2.40. The number of hydrogen-bond acceptors (Lipinski definition) is 4. The minimum absolute atomic E-state index is 0.0847. The highest BCUT2D eigenvalue weighted by molar-refractivity contribution is 6.07. The van der Waals surface area contributed by atoms with Crippen molar-refractivity contribution in [2.45, 2.75) is 38.8 Å². The minimum atomic E-state index is -0.219. The molecule has 1 saturated heterocycles. The van der Waals surface area contributed by atoms with E-state index in [0.29, 0.717) is 44.6 Å². The molecule has 4 rings (SSSR count). The Kier molecular flexibility index (Phi) is 7.07. The maximum Gasteiger partial charge on any atom is 0.322 e. The standard InChI is InChI=1S/C26H29N3O4/c1-2-17-33-22-9-7-19(8-10-22)24(30)11-12-25(31)28-15-13-21(14-16-28)29-18-20-5-3-4-6-23(20)27-26(29)32/h3-12,21H,2,13-18H2,1H3,(H,27,32)/b12-11+. The first-order chi connectivity index (χ1) is 16.0. The third-order valence-corrected chi connectivity index (χ3v) is 6.07. The van der Waals surface area contributed by atoms with Crippen molar-refractivity contribution in [2.24, 2.45) is 0 Å². The topological polar surface area (TPSA) is 79.0 Å². The Labute approximate surface area is 194 Å². The van der Waals surface area contributed by atoms with Gasteiger partial charge in [0.25, 0.3) is 0 Å². The van der Waals surface area contributed by atoms with Gasteiger partial charge in [0, 0.05) is 43.0 Å². The molecule has 33 heavy (non-hydrogen) atoms. The van der Waals surface area contributed by atoms with E-state index in [2.05, 4.69) is 5.32 Å². The molecule has 0 atom stereocenters. The summed E-state index contributed by atoms with van der Waals surface area (Å²) in [5.74, 6) is 0.323. The molecule has 3 amide bonds. The van der Waals surface area contributed by atoms with Gasteiger partial charge in [-0.15, -0.1) is 0 Å². The molecule has 2 heterocycles. The highest BCUT2D eigenvalue weighted by atomic mass is 16.5. The van der Waals surface area contributed by atoms with E-state index in [1.807, 2.05) is 36.1 Å². The minimum Gasteiger partial charge on any atom is -0.494 e. The smallest absolute Gasteiger partial charge is 0.322 e. The summed E-state index contributed by atoms with van der Waals surface area (Å²) in [5.41, 5.74) is 2.48. The molecule has 7 heteroatoms. The van der Waals surface area contributed by atoms with E-state index in [1.165, 1.54) is 12.2 Å². The third-order valence-electron chi connectivity index (χ3n) is 6.07. The number of piperidine rings is 1. The first-order valence-electron chi connectivity index (χ1n) is 11.4. The number of ketones is 1. The summed E-state index contributed by atoms with van der Waals surface area (Å²) in [6, 6.07) is 14.7. The number of nitrogens with zero attached hydrogens (tertiary/aromatic N) is 2. The van der Waals surface area contributed by atoms with Gasteiger partial charge in [0.05, 0.1) is 6.61 Å². The van der Waals surface area contributed by atoms with Crippen molar-refractivity contribution in [3.63, 3.8) is 0 Å². The molecule has 2 aromatic carbocycles. The first-order valence-corrected chi connectivity index (χ1v) is 11.4. The van der Waals surface area contributed by atoms with Crippen LogP contribution in [-0.4, -0.2) is 53.3 Å². The molecule has 0 aromatic heterocycles. The molecular weight excluding hydrogens is 418 g/mol. The summed E-state index contributed by atoms with van der Waals surface area (Å²) >= 11 is 0. The van der Waals surface area contributed by atoms with E-state index in [4.69, 9.17) is 4.74 Å². The Morgan fingerprint density at radius 2 is 1.79 bits per heavy atom. The first kappa shape index (κ1) is 22.6. The van der Waals surface area contributed by atoms with Gasteiger partial charge >= 0.3 is 6.03 Å². The number of likely N-dealkylation sites (tertiary alicyclic amines) is 1. The number of amides is 3. The summed E-state index contributed by atoms with van der Waals surface area (Å²) in [6.45, 7) is 4.35. The number of nitrogens with one attached hydrogen (secondary N) is 1. The average Bonchev–Trinajstić information content (AvgIpc) is 2.86. The summed E-state index contributed by atoms with van der Waals surface area (Å²) in [6.07, 6.45) is 5.01. The van der Waals surface area contributed by atoms with Gasteiger partial charge in [-0.05, 0) is 61.2 Å². The molecule has 1 N–H and O–H groups in total. The fourth-order valence-corrected chi connectivity index (χ4v) is 4.20. The summed E-state index contributed by atoms with van der Waals surface area (Å²) in [5, 5.41) is 2.95. The van der Waals surface area contributed by atoms with Crippen molar-refractivity contribution < 1.29 is 19.1 Å². The second-order valence-corrected chi connectivity index (χ2v) is 8.34. The number of hydrogen-bond donors (Lipinski definition) is 1. The highest BCUT2D eigenvalue weighted by Crippen LogP contribution is 2.27. The fourth-order valence-electron chi connectivity index (χ4n) is 4.20. The second-order valence-electron chi connectivity index (χ2n) is 8.34. The second kappa shape index (κ2) is 10.3. The zero-order chi connectivity index (χ0) is 23.2. The molecule has 0 aliphatic carbocycles. The molecule has 0 unspecified atom stereocenters. The third kappa shape index (κ3) is 5.42. The maximum atomic E-state index is 12.6. The molecule has 0 radical (unpaired) electrons. The molecule has 2 aromatic rings. The SMILES string of the molecule is CCCOc1ccc(C(=O)/C=C/C(=O)N2CCC(N3Cc4ccccc4NC3=O)CC2)cc1. The predicted molar refractivity (Wildman–Crippen MR) is 126 cm³/mol. The number of allylic oxidation sites excluding steroid dienone is 1. The number of urea groups is 1. The van der Waals surface area contributed by atoms with Crippen LogP contribution in [0.15, 0.2) is 60.7 Å². The quantitative estimate of drug-likeness (QED) is 0.508. The van der Waals surface area contributed by atoms with Crippen LogP contribution in [0.25, 0.3) is 0 Å². The number of carbonyl (C=O) groups is 3. The Morgan fingerprint density at radius 3 is 2.52 bits per heavy atom. The number of ether oxygens (including phenoxy) is 1. The number of rotatable bonds is 7. The van der Waals surface area contributed by atoms with E-state index in [0.717, 1.165) is 23.4 Å². The molecule has 0 saturated carbocycles. The van der Waals surface area contributed by atoms with Gasteiger partial charge in [0.2, 0.25) is 5.91 Å². The van der Waals surface area contributed by atoms with Crippen LogP contribution in [-0.2, 0) is 11.3 Å². The van der Waals surface area contributed by atoms with Crippen LogP contribution in [0.3, 0.4) is 0 Å². The molecule has 0 bridgehead atoms. The molecule has 172 valence electrons. The van der Waals surface area contributed by atoms with Crippen molar-refractivity contribution in [1.29, 1.82) is 0 Å². The normalized spacial score (nSPS) is 16.5. The maximum absolute atomic E-state index is 12.6. The zero-order valence-corrected chi connectivity index (χ0v) is 18.8. The van der Waals surface area contributed by atoms with Gasteiger partial charge in [0.1, 0.15) is 5.75 Å². The molecule has 2 aliphatic rings. The van der Waals surface area contributed by atoms with Crippen LogP contribution in [0.1, 0.15) is 42.1 Å². The van der Waals surface area contributed by atoms with Crippen LogP contribution in [0, 0.1) is 0 Å². The number of fused-ring (bicyclic) bond motifs is 1. The van der Waals surface area contributed by atoms with Crippen molar-refractivity contribution in [1.82, 2.24) is 9.80 Å². The zero-order valence-electron chi connectivity index (χ0n) is 18.8. The molecule has 2 aliphatic heterocycles. The summed E-state index contributed by atoms with van der Waals surface area (Å²) in [7, 11) is 0. The summed E-state index contributed by atoms with van der Waals surface area (Å²) < 4.78 is 5.53. The largest absolute Gasteiger partial charge is 0.494 e. The van der Waals surface area contributed by atoms with Crippen molar-refractivity contribution >= 4 is 23.4 Å². The Morgan fingerprint density at radius 1 is 1.06 bits per heavy atom. The predicted octanol–water partition coefficient (Wildman–Crippen LogP) is 4.25. The van der Waals surface area contributed by atoms with E-state index in [-0.39, 0.29) is 23.8 Å². The summed E-state index contributed by atoms with van der Waals surface area (Å²) in [4.78, 5) is 41.1. The van der Waals surface area contributed by atoms with E-state index in [9.17, 15) is 14.4 Å². The van der Waals surface area contributed by atoms with Crippen molar-refractivity contribution in [2.75, 3.05) is 25.0 Å². The molecule has 7 nitrogen and oxygen atoms in total. The lowest BCUT2D eigenvalue weighted by atomic mass is 10.0. The van der Waals surface area contributed by atoms with Gasteiger partial charge in [-0.3, -0.25) is 9.59 Å². The van der Waals surface area contributed by atoms with Crippen LogP contribution in [0.2, 0.25) is 0 Å². The molecule has 0 spiro atoms. The van der Waals surface area contributed by atoms with Crippen LogP contribution < -0.4 is 10.1 Å². The van der Waals surface area contributed by atoms with Crippen molar-refractivity contribution in [3.8, 4) is 5.75 Å². The van der Waals surface area contributed by atoms with Crippen LogP contribution in [0.4, 0.5) is 10.5 Å². The van der Waals surface area contributed by atoms with Gasteiger partial charge in [-0.1, -0.05) is 25.1 Å². The fraction of sp³-hybridized carbons (Fsp3) is 0.346. The number of carbonyl (C=O) groups excluding carboxylic acids is 3. The number of para-hydroxylation sites is 1. The lowest BCUT2D eigenvalue weighted by Crippen LogP contribution is -2.50. The molecular formula is C26H29N3O4. The van der Waals surface area contributed by atoms with Gasteiger partial charge in [-0.2, -0.15) is 0 Å². The average molecular weight is 448 g/mol. The van der Waals surface area contributed by atoms with Crippen LogP contribution in [0.5, 0.6) is 5.75 Å². The molecule has 1 fully saturated rings. The van der Waals surface area contributed by atoms with Crippen molar-refractivity contribution in [3.05, 3.63) is 71.8 Å². The number of anilines is 1. The Bertz CT molecular complexity index is 1040.